The molecule has 0 aliphatic heterocycles. The molecule has 0 saturated heterocycles. The van der Waals surface area contributed by atoms with Crippen molar-refractivity contribution in [3.63, 3.8) is 0 Å². The van der Waals surface area contributed by atoms with Crippen molar-refractivity contribution < 1.29 is 9.47 Å². The average molecular weight is 446 g/mol. The Labute approximate surface area is 194 Å². The standard InChI is InChI=1S/C26H31N5O2/c1-5-10-23-28-18(3)24-26(27-16-15-19-11-9-12-20(17-19)32-4)29-25(30-31(23)24)21-13-7-8-14-22(21)33-6-2/h7-9,11-14,17H,5-6,10,15-16H2,1-4H3,(H,27,29,30). The highest BCUT2D eigenvalue weighted by molar-refractivity contribution is 5.74. The molecule has 0 bridgehead atoms. The number of aryl methyl sites for hydroxylation is 2. The number of para-hydroxylation sites is 1. The van der Waals surface area contributed by atoms with Crippen LogP contribution in [0.5, 0.6) is 11.5 Å². The van der Waals surface area contributed by atoms with Gasteiger partial charge >= 0.3 is 0 Å². The molecule has 4 aromatic rings. The number of hydrogen-bond acceptors (Lipinski definition) is 6. The van der Waals surface area contributed by atoms with Crippen LogP contribution < -0.4 is 14.8 Å². The van der Waals surface area contributed by atoms with Gasteiger partial charge in [0.25, 0.3) is 0 Å². The topological polar surface area (TPSA) is 73.6 Å². The minimum Gasteiger partial charge on any atom is -0.497 e. The molecule has 0 amide bonds. The number of benzene rings is 2. The van der Waals surface area contributed by atoms with E-state index in [0.29, 0.717) is 12.4 Å². The van der Waals surface area contributed by atoms with E-state index in [1.807, 2.05) is 54.8 Å². The number of hydrogen-bond donors (Lipinski definition) is 1. The summed E-state index contributed by atoms with van der Waals surface area (Å²) >= 11 is 0. The molecule has 0 aliphatic carbocycles. The van der Waals surface area contributed by atoms with Crippen LogP contribution in [0.2, 0.25) is 0 Å². The number of imidazole rings is 1. The Hall–Kier alpha value is -3.61. The van der Waals surface area contributed by atoms with Crippen LogP contribution in [0.3, 0.4) is 0 Å². The van der Waals surface area contributed by atoms with Crippen LogP contribution in [0.1, 0.15) is 37.4 Å². The predicted octanol–water partition coefficient (Wildman–Crippen LogP) is 5.11. The van der Waals surface area contributed by atoms with Crippen molar-refractivity contribution in [2.24, 2.45) is 0 Å². The number of nitrogens with one attached hydrogen (secondary N) is 1. The molecule has 7 heteroatoms. The number of nitrogens with zero attached hydrogens (tertiary/aromatic N) is 4. The van der Waals surface area contributed by atoms with Gasteiger partial charge in [0, 0.05) is 13.0 Å². The van der Waals surface area contributed by atoms with Gasteiger partial charge in [0.15, 0.2) is 11.6 Å². The monoisotopic (exact) mass is 445 g/mol. The third kappa shape index (κ3) is 4.92. The number of anilines is 1. The first-order valence-electron chi connectivity index (χ1n) is 11.5. The van der Waals surface area contributed by atoms with Crippen LogP contribution >= 0.6 is 0 Å². The Bertz CT molecular complexity index is 1230. The number of fused-ring (bicyclic) bond motifs is 1. The third-order valence-electron chi connectivity index (χ3n) is 5.47. The zero-order chi connectivity index (χ0) is 23.2. The summed E-state index contributed by atoms with van der Waals surface area (Å²) in [5.41, 5.74) is 3.91. The normalized spacial score (nSPS) is 11.0. The molecule has 0 unspecified atom stereocenters. The highest BCUT2D eigenvalue weighted by Crippen LogP contribution is 2.30. The van der Waals surface area contributed by atoms with Crippen LogP contribution in [-0.2, 0) is 12.8 Å². The van der Waals surface area contributed by atoms with E-state index in [1.54, 1.807) is 7.11 Å². The van der Waals surface area contributed by atoms with E-state index in [2.05, 4.69) is 24.4 Å². The highest BCUT2D eigenvalue weighted by atomic mass is 16.5. The van der Waals surface area contributed by atoms with E-state index in [9.17, 15) is 0 Å². The first-order valence-corrected chi connectivity index (χ1v) is 11.5. The molecule has 7 nitrogen and oxygen atoms in total. The minimum atomic E-state index is 0.580. The first kappa shape index (κ1) is 22.6. The summed E-state index contributed by atoms with van der Waals surface area (Å²) < 4.78 is 13.1. The van der Waals surface area contributed by atoms with Gasteiger partial charge in [-0.2, -0.15) is 0 Å². The molecule has 0 aliphatic rings. The van der Waals surface area contributed by atoms with Gasteiger partial charge in [-0.15, -0.1) is 5.10 Å². The van der Waals surface area contributed by atoms with E-state index >= 15 is 0 Å². The Morgan fingerprint density at radius 1 is 1.00 bits per heavy atom. The number of ether oxygens (including phenoxy) is 2. The summed E-state index contributed by atoms with van der Waals surface area (Å²) in [7, 11) is 1.69. The second-order valence-corrected chi connectivity index (χ2v) is 7.87. The largest absolute Gasteiger partial charge is 0.497 e. The molecular weight excluding hydrogens is 414 g/mol. The van der Waals surface area contributed by atoms with Gasteiger partial charge in [-0.25, -0.2) is 14.5 Å². The minimum absolute atomic E-state index is 0.580. The van der Waals surface area contributed by atoms with Gasteiger partial charge in [-0.3, -0.25) is 0 Å². The van der Waals surface area contributed by atoms with E-state index in [-0.39, 0.29) is 0 Å². The lowest BCUT2D eigenvalue weighted by molar-refractivity contribution is 0.341. The quantitative estimate of drug-likeness (QED) is 0.365. The fraction of sp³-hybridized carbons (Fsp3) is 0.346. The van der Waals surface area contributed by atoms with Crippen LogP contribution in [0, 0.1) is 6.92 Å². The van der Waals surface area contributed by atoms with Gasteiger partial charge < -0.3 is 14.8 Å². The molecule has 0 atom stereocenters. The maximum absolute atomic E-state index is 5.85. The molecule has 0 spiro atoms. The molecule has 0 radical (unpaired) electrons. The van der Waals surface area contributed by atoms with Gasteiger partial charge in [-0.1, -0.05) is 31.2 Å². The van der Waals surface area contributed by atoms with E-state index in [1.165, 1.54) is 5.56 Å². The molecule has 4 rings (SSSR count). The SMILES string of the molecule is CCCc1nc(C)c2c(NCCc3cccc(OC)c3)nc(-c3ccccc3OCC)nn12. The van der Waals surface area contributed by atoms with E-state index < -0.39 is 0 Å². The number of aromatic nitrogens is 4. The van der Waals surface area contributed by atoms with Crippen molar-refractivity contribution in [2.45, 2.75) is 40.0 Å². The van der Waals surface area contributed by atoms with Crippen molar-refractivity contribution in [3.05, 3.63) is 65.6 Å². The molecule has 172 valence electrons. The average Bonchev–Trinajstić information content (AvgIpc) is 3.15. The lowest BCUT2D eigenvalue weighted by Gasteiger charge is -2.13. The summed E-state index contributed by atoms with van der Waals surface area (Å²) in [6.07, 6.45) is 2.68. The first-order chi connectivity index (χ1) is 16.1. The Morgan fingerprint density at radius 2 is 1.85 bits per heavy atom. The fourth-order valence-electron chi connectivity index (χ4n) is 3.94. The van der Waals surface area contributed by atoms with Crippen LogP contribution in [0.25, 0.3) is 16.9 Å². The molecule has 0 fully saturated rings. The van der Waals surface area contributed by atoms with Crippen molar-refractivity contribution in [1.82, 2.24) is 19.6 Å². The van der Waals surface area contributed by atoms with Crippen molar-refractivity contribution in [2.75, 3.05) is 25.6 Å². The third-order valence-corrected chi connectivity index (χ3v) is 5.47. The second-order valence-electron chi connectivity index (χ2n) is 7.87. The second kappa shape index (κ2) is 10.3. The van der Waals surface area contributed by atoms with Crippen LogP contribution in [0.4, 0.5) is 5.82 Å². The van der Waals surface area contributed by atoms with Crippen molar-refractivity contribution >= 4 is 11.3 Å². The predicted molar refractivity (Wildman–Crippen MR) is 131 cm³/mol. The highest BCUT2D eigenvalue weighted by Gasteiger charge is 2.18. The Kier molecular flexibility index (Phi) is 7.07. The smallest absolute Gasteiger partial charge is 0.185 e. The molecule has 0 saturated carbocycles. The molecule has 33 heavy (non-hydrogen) atoms. The molecular formula is C26H31N5O2. The maximum atomic E-state index is 5.85. The number of rotatable bonds is 10. The van der Waals surface area contributed by atoms with Gasteiger partial charge in [0.2, 0.25) is 0 Å². The fourth-order valence-corrected chi connectivity index (χ4v) is 3.94. The maximum Gasteiger partial charge on any atom is 0.185 e. The summed E-state index contributed by atoms with van der Waals surface area (Å²) in [4.78, 5) is 9.72. The van der Waals surface area contributed by atoms with Crippen LogP contribution in [0.15, 0.2) is 48.5 Å². The summed E-state index contributed by atoms with van der Waals surface area (Å²) in [6, 6.07) is 16.0. The van der Waals surface area contributed by atoms with E-state index in [4.69, 9.17) is 24.5 Å². The van der Waals surface area contributed by atoms with Gasteiger partial charge in [0.05, 0.1) is 25.0 Å². The number of methoxy groups -OCH3 is 1. The molecule has 2 aromatic heterocycles. The Morgan fingerprint density at radius 3 is 2.64 bits per heavy atom. The molecule has 2 aromatic carbocycles. The summed E-state index contributed by atoms with van der Waals surface area (Å²) in [6.45, 7) is 7.44. The lowest BCUT2D eigenvalue weighted by atomic mass is 10.1. The summed E-state index contributed by atoms with van der Waals surface area (Å²) in [5, 5.41) is 8.42. The zero-order valence-corrected chi connectivity index (χ0v) is 19.8. The van der Waals surface area contributed by atoms with Crippen LogP contribution in [-0.4, -0.2) is 39.8 Å². The Balaban J connectivity index is 1.72. The molecule has 2 heterocycles. The van der Waals surface area contributed by atoms with Gasteiger partial charge in [0.1, 0.15) is 22.8 Å². The zero-order valence-electron chi connectivity index (χ0n) is 19.8. The van der Waals surface area contributed by atoms with Crippen molar-refractivity contribution in [3.8, 4) is 22.9 Å². The molecule has 1 N–H and O–H groups in total. The lowest BCUT2D eigenvalue weighted by Crippen LogP contribution is -2.11. The van der Waals surface area contributed by atoms with Gasteiger partial charge in [-0.05, 0) is 56.5 Å². The van der Waals surface area contributed by atoms with Crippen molar-refractivity contribution in [1.29, 1.82) is 0 Å². The van der Waals surface area contributed by atoms with E-state index in [0.717, 1.165) is 65.7 Å². The summed E-state index contributed by atoms with van der Waals surface area (Å²) in [5.74, 6) is 3.98.